The Kier molecular flexibility index (Phi) is 7.23. The van der Waals surface area contributed by atoms with Gasteiger partial charge in [-0.15, -0.1) is 0 Å². The molecule has 1 aromatic rings. The molecule has 1 amide bonds. The van der Waals surface area contributed by atoms with E-state index in [1.807, 2.05) is 24.3 Å². The summed E-state index contributed by atoms with van der Waals surface area (Å²) in [4.78, 5) is 12.0. The molecule has 0 spiro atoms. The Bertz CT molecular complexity index is 454. The van der Waals surface area contributed by atoms with Gasteiger partial charge >= 0.3 is 0 Å². The third-order valence-corrected chi connectivity index (χ3v) is 4.26. The lowest BCUT2D eigenvalue weighted by Gasteiger charge is -2.16. The Labute approximate surface area is 133 Å². The van der Waals surface area contributed by atoms with E-state index in [0.29, 0.717) is 19.0 Å². The van der Waals surface area contributed by atoms with Crippen molar-refractivity contribution in [1.29, 1.82) is 0 Å². The highest BCUT2D eigenvalue weighted by Crippen LogP contribution is 2.17. The number of amides is 1. The summed E-state index contributed by atoms with van der Waals surface area (Å²) in [6.45, 7) is 1.41. The summed E-state index contributed by atoms with van der Waals surface area (Å²) >= 11 is 0. The standard InChI is InChI=1S/C18H28N2O2/c1-22-17-11-7-6-8-15(17)14-19-13-12-18(21)20-16-9-4-2-3-5-10-16/h6-8,11,16,19H,2-5,9-10,12-14H2,1H3,(H,20,21). The summed E-state index contributed by atoms with van der Waals surface area (Å²) in [5, 5.41) is 6.49. The summed E-state index contributed by atoms with van der Waals surface area (Å²) < 4.78 is 5.32. The van der Waals surface area contributed by atoms with Crippen molar-refractivity contribution in [2.45, 2.75) is 57.5 Å². The molecule has 22 heavy (non-hydrogen) atoms. The summed E-state index contributed by atoms with van der Waals surface area (Å²) in [6, 6.07) is 8.35. The van der Waals surface area contributed by atoms with Crippen LogP contribution in [0.15, 0.2) is 24.3 Å². The number of methoxy groups -OCH3 is 1. The minimum Gasteiger partial charge on any atom is -0.496 e. The zero-order chi connectivity index (χ0) is 15.6. The number of carbonyl (C=O) groups excluding carboxylic acids is 1. The molecule has 2 rings (SSSR count). The first-order chi connectivity index (χ1) is 10.8. The van der Waals surface area contributed by atoms with Crippen molar-refractivity contribution in [1.82, 2.24) is 10.6 Å². The van der Waals surface area contributed by atoms with Gasteiger partial charge in [-0.3, -0.25) is 4.79 Å². The van der Waals surface area contributed by atoms with Gasteiger partial charge in [-0.2, -0.15) is 0 Å². The van der Waals surface area contributed by atoms with Gasteiger partial charge in [0.15, 0.2) is 0 Å². The normalized spacial score (nSPS) is 16.0. The average molecular weight is 304 g/mol. The summed E-state index contributed by atoms with van der Waals surface area (Å²) in [5.41, 5.74) is 1.12. The molecular formula is C18H28N2O2. The zero-order valence-corrected chi connectivity index (χ0v) is 13.6. The highest BCUT2D eigenvalue weighted by molar-refractivity contribution is 5.76. The SMILES string of the molecule is COc1ccccc1CNCCC(=O)NC1CCCCCC1. The van der Waals surface area contributed by atoms with Crippen LogP contribution in [0.4, 0.5) is 0 Å². The van der Waals surface area contributed by atoms with Crippen LogP contribution in [0.2, 0.25) is 0 Å². The van der Waals surface area contributed by atoms with Gasteiger partial charge in [0.1, 0.15) is 5.75 Å². The highest BCUT2D eigenvalue weighted by atomic mass is 16.5. The molecular weight excluding hydrogens is 276 g/mol. The molecule has 4 heteroatoms. The van der Waals surface area contributed by atoms with Crippen molar-refractivity contribution in [3.63, 3.8) is 0 Å². The Hall–Kier alpha value is -1.55. The first kappa shape index (κ1) is 16.8. The van der Waals surface area contributed by atoms with Crippen LogP contribution >= 0.6 is 0 Å². The van der Waals surface area contributed by atoms with Gasteiger partial charge in [0, 0.05) is 31.1 Å². The number of hydrogen-bond donors (Lipinski definition) is 2. The quantitative estimate of drug-likeness (QED) is 0.601. The number of nitrogens with one attached hydrogen (secondary N) is 2. The van der Waals surface area contributed by atoms with Gasteiger partial charge in [0.25, 0.3) is 0 Å². The molecule has 1 fully saturated rings. The molecule has 4 nitrogen and oxygen atoms in total. The van der Waals surface area contributed by atoms with Crippen LogP contribution in [0, 0.1) is 0 Å². The summed E-state index contributed by atoms with van der Waals surface area (Å²) in [6.07, 6.45) is 7.93. The fraction of sp³-hybridized carbons (Fsp3) is 0.611. The van der Waals surface area contributed by atoms with E-state index in [4.69, 9.17) is 4.74 Å². The molecule has 122 valence electrons. The first-order valence-electron chi connectivity index (χ1n) is 8.41. The van der Waals surface area contributed by atoms with Crippen LogP contribution in [0.1, 0.15) is 50.5 Å². The number of hydrogen-bond acceptors (Lipinski definition) is 3. The fourth-order valence-corrected chi connectivity index (χ4v) is 3.00. The van der Waals surface area contributed by atoms with E-state index < -0.39 is 0 Å². The fourth-order valence-electron chi connectivity index (χ4n) is 3.00. The highest BCUT2D eigenvalue weighted by Gasteiger charge is 2.14. The van der Waals surface area contributed by atoms with E-state index in [2.05, 4.69) is 10.6 Å². The third kappa shape index (κ3) is 5.68. The van der Waals surface area contributed by atoms with Crippen LogP contribution in [0.3, 0.4) is 0 Å². The molecule has 1 saturated carbocycles. The molecule has 0 radical (unpaired) electrons. The van der Waals surface area contributed by atoms with Crippen LogP contribution in [-0.4, -0.2) is 25.6 Å². The number of carbonyl (C=O) groups is 1. The largest absolute Gasteiger partial charge is 0.496 e. The predicted molar refractivity (Wildman–Crippen MR) is 89.0 cm³/mol. The van der Waals surface area contributed by atoms with Crippen LogP contribution < -0.4 is 15.4 Å². The van der Waals surface area contributed by atoms with Gasteiger partial charge in [-0.1, -0.05) is 43.9 Å². The number of benzene rings is 1. The van der Waals surface area contributed by atoms with E-state index in [-0.39, 0.29) is 5.91 Å². The maximum Gasteiger partial charge on any atom is 0.221 e. The third-order valence-electron chi connectivity index (χ3n) is 4.26. The smallest absolute Gasteiger partial charge is 0.221 e. The molecule has 0 unspecified atom stereocenters. The Morgan fingerprint density at radius 1 is 1.18 bits per heavy atom. The summed E-state index contributed by atoms with van der Waals surface area (Å²) in [5.74, 6) is 1.05. The molecule has 0 aliphatic heterocycles. The second kappa shape index (κ2) is 9.46. The van der Waals surface area contributed by atoms with Crippen molar-refractivity contribution in [2.75, 3.05) is 13.7 Å². The second-order valence-corrected chi connectivity index (χ2v) is 5.99. The minimum absolute atomic E-state index is 0.166. The van der Waals surface area contributed by atoms with E-state index >= 15 is 0 Å². The monoisotopic (exact) mass is 304 g/mol. The molecule has 1 aromatic carbocycles. The van der Waals surface area contributed by atoms with Crippen LogP contribution in [-0.2, 0) is 11.3 Å². The predicted octanol–water partition coefficient (Wildman–Crippen LogP) is 3.01. The number of ether oxygens (including phenoxy) is 1. The van der Waals surface area contributed by atoms with E-state index in [1.165, 1.54) is 25.7 Å². The van der Waals surface area contributed by atoms with Gasteiger partial charge in [0.2, 0.25) is 5.91 Å². The Balaban J connectivity index is 1.64. The van der Waals surface area contributed by atoms with Gasteiger partial charge in [0.05, 0.1) is 7.11 Å². The first-order valence-corrected chi connectivity index (χ1v) is 8.41. The lowest BCUT2D eigenvalue weighted by Crippen LogP contribution is -2.36. The Morgan fingerprint density at radius 2 is 1.91 bits per heavy atom. The van der Waals surface area contributed by atoms with Crippen LogP contribution in [0.25, 0.3) is 0 Å². The van der Waals surface area contributed by atoms with Crippen molar-refractivity contribution in [2.24, 2.45) is 0 Å². The molecule has 0 bridgehead atoms. The van der Waals surface area contributed by atoms with E-state index in [1.54, 1.807) is 7.11 Å². The number of rotatable bonds is 7. The molecule has 0 heterocycles. The lowest BCUT2D eigenvalue weighted by molar-refractivity contribution is -0.121. The maximum absolute atomic E-state index is 12.0. The van der Waals surface area contributed by atoms with Crippen LogP contribution in [0.5, 0.6) is 5.75 Å². The summed E-state index contributed by atoms with van der Waals surface area (Å²) in [7, 11) is 1.68. The van der Waals surface area contributed by atoms with Gasteiger partial charge in [-0.25, -0.2) is 0 Å². The molecule has 2 N–H and O–H groups in total. The zero-order valence-electron chi connectivity index (χ0n) is 13.6. The molecule has 0 saturated heterocycles. The molecule has 1 aliphatic rings. The van der Waals surface area contributed by atoms with Gasteiger partial charge in [-0.05, 0) is 18.9 Å². The Morgan fingerprint density at radius 3 is 2.64 bits per heavy atom. The molecule has 0 aromatic heterocycles. The average Bonchev–Trinajstić information content (AvgIpc) is 2.80. The second-order valence-electron chi connectivity index (χ2n) is 5.99. The lowest BCUT2D eigenvalue weighted by atomic mass is 10.1. The molecule has 1 aliphatic carbocycles. The van der Waals surface area contributed by atoms with Gasteiger partial charge < -0.3 is 15.4 Å². The topological polar surface area (TPSA) is 50.4 Å². The minimum atomic E-state index is 0.166. The maximum atomic E-state index is 12.0. The van der Waals surface area contributed by atoms with Crippen molar-refractivity contribution >= 4 is 5.91 Å². The van der Waals surface area contributed by atoms with E-state index in [9.17, 15) is 4.79 Å². The number of para-hydroxylation sites is 1. The molecule has 0 atom stereocenters. The van der Waals surface area contributed by atoms with Crippen molar-refractivity contribution < 1.29 is 9.53 Å². The van der Waals surface area contributed by atoms with Crippen molar-refractivity contribution in [3.8, 4) is 5.75 Å². The van der Waals surface area contributed by atoms with E-state index in [0.717, 1.165) is 30.7 Å². The van der Waals surface area contributed by atoms with Crippen molar-refractivity contribution in [3.05, 3.63) is 29.8 Å².